The van der Waals surface area contributed by atoms with Crippen molar-refractivity contribution in [1.29, 1.82) is 0 Å². The summed E-state index contributed by atoms with van der Waals surface area (Å²) in [6.45, 7) is 4.65. The third-order valence-corrected chi connectivity index (χ3v) is 8.55. The highest BCUT2D eigenvalue weighted by Gasteiger charge is 2.37. The Labute approximate surface area is 204 Å². The molecule has 1 fully saturated rings. The second kappa shape index (κ2) is 13.0. The summed E-state index contributed by atoms with van der Waals surface area (Å²) in [5.74, 6) is 1.93. The molecule has 2 aromatic rings. The second-order valence-corrected chi connectivity index (χ2v) is 10.8. The van der Waals surface area contributed by atoms with Gasteiger partial charge in [0.2, 0.25) is 11.6 Å². The van der Waals surface area contributed by atoms with Crippen molar-refractivity contribution in [2.75, 3.05) is 49.3 Å². The third kappa shape index (κ3) is 7.50. The minimum Gasteiger partial charge on any atom is -0.395 e. The van der Waals surface area contributed by atoms with Crippen LogP contribution in [0.15, 0.2) is 48.7 Å². The molecule has 0 atom stereocenters. The van der Waals surface area contributed by atoms with Crippen molar-refractivity contribution < 1.29 is 19.6 Å². The van der Waals surface area contributed by atoms with Crippen LogP contribution in [-0.4, -0.2) is 60.5 Å². The topological polar surface area (TPSA) is 76.7 Å². The van der Waals surface area contributed by atoms with Crippen molar-refractivity contribution in [1.82, 2.24) is 5.32 Å². The molecule has 0 radical (unpaired) electrons. The fraction of sp³-hybridized carbons (Fsp3) is 0.440. The molecule has 8 heteroatoms. The summed E-state index contributed by atoms with van der Waals surface area (Å²) < 4.78 is 2.20. The zero-order valence-corrected chi connectivity index (χ0v) is 20.8. The van der Waals surface area contributed by atoms with Crippen LogP contribution in [0.2, 0.25) is 0 Å². The number of hydrogen-bond acceptors (Lipinski definition) is 6. The molecule has 1 amide bonds. The van der Waals surface area contributed by atoms with E-state index in [1.54, 1.807) is 21.6 Å². The molecule has 1 aliphatic rings. The molecule has 1 aromatic carbocycles. The monoisotopic (exact) mass is 488 g/mol. The average molecular weight is 489 g/mol. The number of aryl methyl sites for hydroxylation is 1. The zero-order chi connectivity index (χ0) is 23.5. The minimum atomic E-state index is -0.244. The van der Waals surface area contributed by atoms with Crippen LogP contribution in [0.25, 0.3) is 12.2 Å². The predicted molar refractivity (Wildman–Crippen MR) is 139 cm³/mol. The van der Waals surface area contributed by atoms with Gasteiger partial charge in [0, 0.05) is 61.5 Å². The van der Waals surface area contributed by atoms with Gasteiger partial charge in [-0.1, -0.05) is 33.7 Å². The Balaban J connectivity index is 1.55. The van der Waals surface area contributed by atoms with Crippen molar-refractivity contribution in [3.63, 3.8) is 0 Å². The number of aromatic nitrogens is 1. The summed E-state index contributed by atoms with van der Waals surface area (Å²) in [6, 6.07) is 14.2. The Bertz CT molecular complexity index is 909. The van der Waals surface area contributed by atoms with Crippen molar-refractivity contribution in [3.05, 3.63) is 59.9 Å². The fourth-order valence-corrected chi connectivity index (χ4v) is 6.96. The van der Waals surface area contributed by atoms with Crippen LogP contribution in [0.1, 0.15) is 24.6 Å². The number of rotatable bonds is 12. The smallest absolute Gasteiger partial charge is 0.227 e. The molecule has 3 rings (SSSR count). The fourth-order valence-electron chi connectivity index (χ4n) is 3.61. The minimum absolute atomic E-state index is 0.0524. The standard InChI is InChI=1S/C25H33N3O3S2/c1-25(19-32-33-20-25)24(31)26-12-4-14-27-13-3-2-5-22(27)9-6-21-7-10-23(11-8-21)28(15-17-29)16-18-30/h2-3,5-11,13,29-30H,4,12,14-20H2,1H3/p+1. The van der Waals surface area contributed by atoms with E-state index in [4.69, 9.17) is 0 Å². The number of pyridine rings is 1. The Morgan fingerprint density at radius 1 is 1.09 bits per heavy atom. The highest BCUT2D eigenvalue weighted by atomic mass is 33.1. The van der Waals surface area contributed by atoms with Crippen LogP contribution in [0.3, 0.4) is 0 Å². The van der Waals surface area contributed by atoms with Crippen molar-refractivity contribution in [2.24, 2.45) is 5.41 Å². The molecular formula is C25H34N3O3S2+. The normalized spacial score (nSPS) is 15.1. The number of nitrogens with one attached hydrogen (secondary N) is 1. The predicted octanol–water partition coefficient (Wildman–Crippen LogP) is 2.84. The van der Waals surface area contributed by atoms with E-state index in [-0.39, 0.29) is 24.5 Å². The lowest BCUT2D eigenvalue weighted by atomic mass is 9.95. The summed E-state index contributed by atoms with van der Waals surface area (Å²) in [5.41, 5.74) is 2.92. The molecule has 0 spiro atoms. The van der Waals surface area contributed by atoms with Crippen LogP contribution in [-0.2, 0) is 11.3 Å². The lowest BCUT2D eigenvalue weighted by molar-refractivity contribution is -0.698. The Morgan fingerprint density at radius 3 is 2.45 bits per heavy atom. The van der Waals surface area contributed by atoms with E-state index in [0.29, 0.717) is 19.6 Å². The summed E-state index contributed by atoms with van der Waals surface area (Å²) >= 11 is 0. The number of aliphatic hydroxyl groups is 2. The Hall–Kier alpha value is -2.00. The summed E-state index contributed by atoms with van der Waals surface area (Å²) in [7, 11) is 3.56. The van der Waals surface area contributed by atoms with E-state index in [1.165, 1.54) is 0 Å². The molecule has 0 unspecified atom stereocenters. The number of benzene rings is 1. The quantitative estimate of drug-likeness (QED) is 0.242. The molecule has 33 heavy (non-hydrogen) atoms. The van der Waals surface area contributed by atoms with Gasteiger partial charge in [-0.25, -0.2) is 0 Å². The molecule has 1 aliphatic heterocycles. The van der Waals surface area contributed by atoms with Gasteiger partial charge in [0.25, 0.3) is 0 Å². The SMILES string of the molecule is CC1(C(=O)NCCC[n+]2ccccc2/C=C/c2ccc(N(CCO)CCO)cc2)CSSC1. The molecule has 178 valence electrons. The van der Waals surface area contributed by atoms with Crippen molar-refractivity contribution >= 4 is 45.3 Å². The van der Waals surface area contributed by atoms with E-state index >= 15 is 0 Å². The number of carbonyl (C=O) groups excluding carboxylic acids is 1. The first kappa shape index (κ1) is 25.6. The van der Waals surface area contributed by atoms with Crippen LogP contribution in [0.4, 0.5) is 5.69 Å². The number of hydrogen-bond donors (Lipinski definition) is 3. The van der Waals surface area contributed by atoms with Gasteiger partial charge in [-0.05, 0) is 36.8 Å². The van der Waals surface area contributed by atoms with Crippen LogP contribution < -0.4 is 14.8 Å². The van der Waals surface area contributed by atoms with E-state index in [0.717, 1.165) is 41.4 Å². The maximum atomic E-state index is 12.5. The number of nitrogens with zero attached hydrogens (tertiary/aromatic N) is 2. The largest absolute Gasteiger partial charge is 0.395 e. The lowest BCUT2D eigenvalue weighted by Crippen LogP contribution is -2.43. The molecule has 6 nitrogen and oxygen atoms in total. The van der Waals surface area contributed by atoms with Crippen LogP contribution >= 0.6 is 21.6 Å². The lowest BCUT2D eigenvalue weighted by Gasteiger charge is -2.22. The summed E-state index contributed by atoms with van der Waals surface area (Å²) in [4.78, 5) is 14.4. The van der Waals surface area contributed by atoms with E-state index < -0.39 is 0 Å². The van der Waals surface area contributed by atoms with Crippen molar-refractivity contribution in [3.8, 4) is 0 Å². The molecule has 0 bridgehead atoms. The summed E-state index contributed by atoms with van der Waals surface area (Å²) in [5, 5.41) is 21.6. The molecule has 2 heterocycles. The molecule has 1 saturated heterocycles. The van der Waals surface area contributed by atoms with Gasteiger partial charge in [0.05, 0.1) is 18.6 Å². The maximum Gasteiger partial charge on any atom is 0.227 e. The molecule has 0 saturated carbocycles. The van der Waals surface area contributed by atoms with E-state index in [9.17, 15) is 15.0 Å². The van der Waals surface area contributed by atoms with Gasteiger partial charge in [-0.15, -0.1) is 0 Å². The van der Waals surface area contributed by atoms with Gasteiger partial charge in [0.15, 0.2) is 12.7 Å². The first-order chi connectivity index (χ1) is 16.1. The average Bonchev–Trinajstić information content (AvgIpc) is 3.29. The number of aliphatic hydroxyl groups excluding tert-OH is 2. The third-order valence-electron chi connectivity index (χ3n) is 5.67. The highest BCUT2D eigenvalue weighted by Crippen LogP contribution is 2.42. The van der Waals surface area contributed by atoms with Gasteiger partial charge < -0.3 is 20.4 Å². The number of anilines is 1. The molecule has 1 aromatic heterocycles. The zero-order valence-electron chi connectivity index (χ0n) is 19.2. The molecule has 3 N–H and O–H groups in total. The first-order valence-electron chi connectivity index (χ1n) is 11.3. The van der Waals surface area contributed by atoms with Gasteiger partial charge in [-0.2, -0.15) is 4.57 Å². The first-order valence-corrected chi connectivity index (χ1v) is 13.8. The summed E-state index contributed by atoms with van der Waals surface area (Å²) in [6.07, 6.45) is 7.12. The Kier molecular flexibility index (Phi) is 10.1. The molecule has 0 aliphatic carbocycles. The highest BCUT2D eigenvalue weighted by molar-refractivity contribution is 8.77. The molecular weight excluding hydrogens is 454 g/mol. The van der Waals surface area contributed by atoms with Gasteiger partial charge in [-0.3, -0.25) is 4.79 Å². The van der Waals surface area contributed by atoms with Crippen molar-refractivity contribution in [2.45, 2.75) is 19.9 Å². The van der Waals surface area contributed by atoms with Crippen LogP contribution in [0, 0.1) is 5.41 Å². The maximum absolute atomic E-state index is 12.5. The number of carbonyl (C=O) groups is 1. The van der Waals surface area contributed by atoms with Gasteiger partial charge >= 0.3 is 0 Å². The van der Waals surface area contributed by atoms with E-state index in [2.05, 4.69) is 34.3 Å². The number of amides is 1. The van der Waals surface area contributed by atoms with E-state index in [1.807, 2.05) is 48.2 Å². The van der Waals surface area contributed by atoms with Gasteiger partial charge in [0.1, 0.15) is 0 Å². The second-order valence-electron chi connectivity index (χ2n) is 8.37. The van der Waals surface area contributed by atoms with Crippen LogP contribution in [0.5, 0.6) is 0 Å². The Morgan fingerprint density at radius 2 is 1.79 bits per heavy atom.